The lowest BCUT2D eigenvalue weighted by atomic mass is 10.2. The molecule has 0 unspecified atom stereocenters. The number of halogens is 2. The maximum Gasteiger partial charge on any atom is 0.357 e. The van der Waals surface area contributed by atoms with E-state index in [1.165, 1.54) is 0 Å². The summed E-state index contributed by atoms with van der Waals surface area (Å²) in [5, 5.41) is 15.4. The molecule has 0 aliphatic rings. The Bertz CT molecular complexity index is 807. The smallest absolute Gasteiger partial charge is 0.357 e. The Hall–Kier alpha value is -1.80. The molecule has 0 aliphatic carbocycles. The predicted octanol–water partition coefficient (Wildman–Crippen LogP) is 1.52. The van der Waals surface area contributed by atoms with Crippen molar-refractivity contribution in [1.29, 1.82) is 0 Å². The molecule has 19 heavy (non-hydrogen) atoms. The van der Waals surface area contributed by atoms with Crippen LogP contribution in [0, 0.1) is 5.82 Å². The molecular weight excluding hydrogens is 299 g/mol. The highest BCUT2D eigenvalue weighted by Gasteiger charge is 2.25. The number of aromatic carboxylic acids is 1. The highest BCUT2D eigenvalue weighted by atomic mass is 35.5. The van der Waals surface area contributed by atoms with Gasteiger partial charge in [0.1, 0.15) is 10.7 Å². The van der Waals surface area contributed by atoms with Gasteiger partial charge in [-0.2, -0.15) is 0 Å². The van der Waals surface area contributed by atoms with E-state index in [0.717, 1.165) is 18.4 Å². The lowest BCUT2D eigenvalue weighted by molar-refractivity contribution is 0.0685. The molecule has 0 saturated heterocycles. The molecule has 0 bridgehead atoms. The summed E-state index contributed by atoms with van der Waals surface area (Å²) in [6.45, 7) is 0. The molecule has 0 aliphatic heterocycles. The molecule has 1 aromatic heterocycles. The highest BCUT2D eigenvalue weighted by Crippen LogP contribution is 2.28. The van der Waals surface area contributed by atoms with Crippen LogP contribution in [0.1, 0.15) is 10.5 Å². The van der Waals surface area contributed by atoms with Crippen LogP contribution in [-0.4, -0.2) is 35.9 Å². The van der Waals surface area contributed by atoms with Gasteiger partial charge in [-0.15, -0.1) is 10.2 Å². The molecule has 9 heteroatoms. The molecule has 0 fully saturated rings. The number of sulfone groups is 1. The maximum absolute atomic E-state index is 13.4. The molecule has 0 atom stereocenters. The van der Waals surface area contributed by atoms with E-state index in [0.29, 0.717) is 0 Å². The second-order valence-corrected chi connectivity index (χ2v) is 6.10. The van der Waals surface area contributed by atoms with Crippen LogP contribution in [0.15, 0.2) is 17.0 Å². The van der Waals surface area contributed by atoms with E-state index in [-0.39, 0.29) is 15.9 Å². The van der Waals surface area contributed by atoms with E-state index >= 15 is 0 Å². The fourth-order valence-electron chi connectivity index (χ4n) is 1.59. The van der Waals surface area contributed by atoms with Gasteiger partial charge in [-0.25, -0.2) is 17.6 Å². The van der Waals surface area contributed by atoms with Gasteiger partial charge in [0, 0.05) is 11.6 Å². The van der Waals surface area contributed by atoms with E-state index in [9.17, 15) is 17.6 Å². The Morgan fingerprint density at radius 3 is 2.53 bits per heavy atom. The van der Waals surface area contributed by atoms with Crippen LogP contribution in [0.25, 0.3) is 10.9 Å². The van der Waals surface area contributed by atoms with Gasteiger partial charge >= 0.3 is 5.97 Å². The van der Waals surface area contributed by atoms with Crippen molar-refractivity contribution in [2.45, 2.75) is 4.90 Å². The molecule has 1 heterocycles. The van der Waals surface area contributed by atoms with E-state index in [4.69, 9.17) is 16.7 Å². The number of hydrogen-bond acceptors (Lipinski definition) is 5. The number of rotatable bonds is 2. The van der Waals surface area contributed by atoms with Gasteiger partial charge in [-0.05, 0) is 12.1 Å². The number of carboxylic acid groups (broad SMARTS) is 1. The molecule has 0 amide bonds. The molecule has 100 valence electrons. The number of aromatic nitrogens is 2. The van der Waals surface area contributed by atoms with E-state index < -0.39 is 32.2 Å². The van der Waals surface area contributed by atoms with E-state index in [2.05, 4.69) is 10.2 Å². The monoisotopic (exact) mass is 304 g/mol. The van der Waals surface area contributed by atoms with Crippen molar-refractivity contribution in [3.63, 3.8) is 0 Å². The van der Waals surface area contributed by atoms with Gasteiger partial charge in [-0.3, -0.25) is 0 Å². The van der Waals surface area contributed by atoms with Crippen molar-refractivity contribution in [3.05, 3.63) is 28.7 Å². The summed E-state index contributed by atoms with van der Waals surface area (Å²) in [7, 11) is -3.93. The van der Waals surface area contributed by atoms with E-state index in [1.807, 2.05) is 0 Å². The summed E-state index contributed by atoms with van der Waals surface area (Å²) >= 11 is 5.55. The molecule has 2 aromatic rings. The van der Waals surface area contributed by atoms with Crippen LogP contribution in [0.5, 0.6) is 0 Å². The Morgan fingerprint density at radius 1 is 1.37 bits per heavy atom. The van der Waals surface area contributed by atoms with Crippen molar-refractivity contribution < 1.29 is 22.7 Å². The third kappa shape index (κ3) is 2.36. The van der Waals surface area contributed by atoms with Crippen molar-refractivity contribution in [2.24, 2.45) is 0 Å². The average molecular weight is 305 g/mol. The minimum absolute atomic E-state index is 0.00294. The minimum Gasteiger partial charge on any atom is -0.476 e. The molecular formula is C10H6ClFN2O4S. The third-order valence-electron chi connectivity index (χ3n) is 2.33. The number of carboxylic acids is 1. The van der Waals surface area contributed by atoms with Gasteiger partial charge in [0.15, 0.2) is 15.5 Å². The van der Waals surface area contributed by atoms with Gasteiger partial charge in [0.25, 0.3) is 0 Å². The molecule has 0 saturated carbocycles. The van der Waals surface area contributed by atoms with Crippen molar-refractivity contribution in [1.82, 2.24) is 10.2 Å². The van der Waals surface area contributed by atoms with Crippen LogP contribution < -0.4 is 0 Å². The molecule has 6 nitrogen and oxygen atoms in total. The second kappa shape index (κ2) is 4.39. The number of carbonyl (C=O) groups is 1. The minimum atomic E-state index is -3.93. The first kappa shape index (κ1) is 13.6. The number of nitrogens with zero attached hydrogens (tertiary/aromatic N) is 2. The lowest BCUT2D eigenvalue weighted by Crippen LogP contribution is -2.12. The van der Waals surface area contributed by atoms with Crippen molar-refractivity contribution in [3.8, 4) is 0 Å². The van der Waals surface area contributed by atoms with Crippen LogP contribution in [0.2, 0.25) is 5.02 Å². The molecule has 0 spiro atoms. The van der Waals surface area contributed by atoms with Gasteiger partial charge in [0.05, 0.1) is 10.5 Å². The topological polar surface area (TPSA) is 97.2 Å². The zero-order valence-electron chi connectivity index (χ0n) is 9.39. The van der Waals surface area contributed by atoms with Gasteiger partial charge < -0.3 is 5.11 Å². The van der Waals surface area contributed by atoms with Crippen LogP contribution in [0.3, 0.4) is 0 Å². The number of hydrogen-bond donors (Lipinski definition) is 1. The number of benzene rings is 1. The number of fused-ring (bicyclic) bond motifs is 1. The maximum atomic E-state index is 13.4. The van der Waals surface area contributed by atoms with Gasteiger partial charge in [-0.1, -0.05) is 11.6 Å². The predicted molar refractivity (Wildman–Crippen MR) is 64.6 cm³/mol. The molecule has 0 radical (unpaired) electrons. The first-order valence-electron chi connectivity index (χ1n) is 4.80. The normalized spacial score (nSPS) is 11.7. The van der Waals surface area contributed by atoms with E-state index in [1.54, 1.807) is 0 Å². The van der Waals surface area contributed by atoms with Gasteiger partial charge in [0.2, 0.25) is 0 Å². The van der Waals surface area contributed by atoms with Crippen LogP contribution in [-0.2, 0) is 9.84 Å². The fraction of sp³-hybridized carbons (Fsp3) is 0.100. The van der Waals surface area contributed by atoms with Crippen molar-refractivity contribution >= 4 is 38.3 Å². The lowest BCUT2D eigenvalue weighted by Gasteiger charge is -2.07. The molecule has 1 N–H and O–H groups in total. The standard InChI is InChI=1S/C10H6ClFN2O4S/c1-19(17,18)9-4-2-6(12)5(11)3-7(4)13-14-8(9)10(15)16/h2-3H,1H3,(H,15,16). The van der Waals surface area contributed by atoms with Crippen LogP contribution in [0.4, 0.5) is 4.39 Å². The Morgan fingerprint density at radius 2 is 2.00 bits per heavy atom. The van der Waals surface area contributed by atoms with Crippen LogP contribution >= 0.6 is 11.6 Å². The Balaban J connectivity index is 3.04. The highest BCUT2D eigenvalue weighted by molar-refractivity contribution is 7.91. The Kier molecular flexibility index (Phi) is 3.15. The summed E-state index contributed by atoms with van der Waals surface area (Å²) < 4.78 is 36.8. The first-order valence-corrected chi connectivity index (χ1v) is 7.07. The summed E-state index contributed by atoms with van der Waals surface area (Å²) in [5.41, 5.74) is -0.756. The zero-order valence-corrected chi connectivity index (χ0v) is 11.0. The fourth-order valence-corrected chi connectivity index (χ4v) is 2.79. The third-order valence-corrected chi connectivity index (χ3v) is 3.77. The van der Waals surface area contributed by atoms with Crippen molar-refractivity contribution in [2.75, 3.05) is 6.26 Å². The molecule has 1 aromatic carbocycles. The molecule has 2 rings (SSSR count). The Labute approximate surface area is 111 Å². The summed E-state index contributed by atoms with van der Waals surface area (Å²) in [6.07, 6.45) is 0.808. The summed E-state index contributed by atoms with van der Waals surface area (Å²) in [4.78, 5) is 10.4. The largest absolute Gasteiger partial charge is 0.476 e. The zero-order chi connectivity index (χ0) is 14.4. The summed E-state index contributed by atoms with van der Waals surface area (Å²) in [5.74, 6) is -2.44. The second-order valence-electron chi connectivity index (χ2n) is 3.74. The summed E-state index contributed by atoms with van der Waals surface area (Å²) in [6, 6.07) is 1.91. The quantitative estimate of drug-likeness (QED) is 0.903. The first-order chi connectivity index (χ1) is 8.71. The average Bonchev–Trinajstić information content (AvgIpc) is 2.27. The SMILES string of the molecule is CS(=O)(=O)c1c(C(=O)O)nnc2cc(Cl)c(F)cc12.